The summed E-state index contributed by atoms with van der Waals surface area (Å²) in [6.45, 7) is 0.535. The third-order valence-corrected chi connectivity index (χ3v) is 7.95. The SMILES string of the molecule is CN(C)C[C@H]1CN(S(=O)(=O)c2cccc(Cl)c2)c2nc(CC(=O)c3c(Cl)cccc3Cl)ccc2O1. The number of likely N-dealkylation sites (N-methyl/N-ethyl adjacent to an activating group) is 1. The Balaban J connectivity index is 1.73. The highest BCUT2D eigenvalue weighted by molar-refractivity contribution is 7.92. The molecule has 0 unspecified atom stereocenters. The van der Waals surface area contributed by atoms with E-state index in [9.17, 15) is 13.2 Å². The van der Waals surface area contributed by atoms with Crippen LogP contribution in [0.2, 0.25) is 15.1 Å². The van der Waals surface area contributed by atoms with Crippen LogP contribution in [0.25, 0.3) is 0 Å². The second kappa shape index (κ2) is 10.3. The molecule has 0 aliphatic carbocycles. The molecular formula is C24H22Cl3N3O4S. The van der Waals surface area contributed by atoms with Crippen molar-refractivity contribution >= 4 is 56.4 Å². The van der Waals surface area contributed by atoms with Crippen LogP contribution in [0.15, 0.2) is 59.5 Å². The molecule has 7 nitrogen and oxygen atoms in total. The molecule has 35 heavy (non-hydrogen) atoms. The standard InChI is InChI=1S/C24H22Cl3N3O4S/c1-29(2)13-17-14-30(35(32,33)18-6-3-5-15(25)11-18)24-22(34-17)10-9-16(28-24)12-21(31)23-19(26)7-4-8-20(23)27/h3-11,17H,12-14H2,1-2H3/t17-/m0/s1. The first kappa shape index (κ1) is 25.7. The topological polar surface area (TPSA) is 79.8 Å². The summed E-state index contributed by atoms with van der Waals surface area (Å²) >= 11 is 18.4. The van der Waals surface area contributed by atoms with Crippen molar-refractivity contribution < 1.29 is 17.9 Å². The van der Waals surface area contributed by atoms with Gasteiger partial charge in [0.05, 0.1) is 39.2 Å². The van der Waals surface area contributed by atoms with Crippen LogP contribution in [0.1, 0.15) is 16.1 Å². The van der Waals surface area contributed by atoms with E-state index < -0.39 is 16.1 Å². The summed E-state index contributed by atoms with van der Waals surface area (Å²) in [7, 11) is -0.264. The van der Waals surface area contributed by atoms with Crippen molar-refractivity contribution in [2.45, 2.75) is 17.4 Å². The molecular weight excluding hydrogens is 533 g/mol. The number of aromatic nitrogens is 1. The number of ketones is 1. The molecule has 0 saturated heterocycles. The van der Waals surface area contributed by atoms with Gasteiger partial charge in [0.15, 0.2) is 17.4 Å². The Kier molecular flexibility index (Phi) is 7.59. The van der Waals surface area contributed by atoms with Gasteiger partial charge in [-0.1, -0.05) is 46.9 Å². The minimum Gasteiger partial charge on any atom is -0.483 e. The van der Waals surface area contributed by atoms with Gasteiger partial charge in [0.1, 0.15) is 6.10 Å². The Bertz CT molecular complexity index is 1360. The number of benzene rings is 2. The predicted molar refractivity (Wildman–Crippen MR) is 138 cm³/mol. The van der Waals surface area contributed by atoms with Crippen molar-refractivity contribution in [3.63, 3.8) is 0 Å². The quantitative estimate of drug-likeness (QED) is 0.383. The average molecular weight is 555 g/mol. The van der Waals surface area contributed by atoms with Crippen molar-refractivity contribution in [1.82, 2.24) is 9.88 Å². The third-order valence-electron chi connectivity index (χ3n) is 5.33. The maximum absolute atomic E-state index is 13.6. The minimum atomic E-state index is -4.02. The number of fused-ring (bicyclic) bond motifs is 1. The summed E-state index contributed by atoms with van der Waals surface area (Å²) in [5.74, 6) is 0.0794. The fourth-order valence-corrected chi connectivity index (χ4v) is 6.18. The number of carbonyl (C=O) groups excluding carboxylic acids is 1. The van der Waals surface area contributed by atoms with E-state index in [4.69, 9.17) is 39.5 Å². The zero-order valence-corrected chi connectivity index (χ0v) is 22.0. The molecule has 1 aliphatic rings. The highest BCUT2D eigenvalue weighted by Crippen LogP contribution is 2.36. The number of hydrogen-bond acceptors (Lipinski definition) is 6. The van der Waals surface area contributed by atoms with Gasteiger partial charge in [-0.05, 0) is 56.6 Å². The molecule has 0 N–H and O–H groups in total. The van der Waals surface area contributed by atoms with E-state index >= 15 is 0 Å². The Morgan fingerprint density at radius 2 is 1.77 bits per heavy atom. The van der Waals surface area contributed by atoms with Crippen LogP contribution < -0.4 is 9.04 Å². The maximum Gasteiger partial charge on any atom is 0.265 e. The molecule has 184 valence electrons. The Morgan fingerprint density at radius 1 is 1.09 bits per heavy atom. The first-order chi connectivity index (χ1) is 16.6. The van der Waals surface area contributed by atoms with Gasteiger partial charge in [-0.3, -0.25) is 4.79 Å². The Morgan fingerprint density at radius 3 is 2.43 bits per heavy atom. The third kappa shape index (κ3) is 5.57. The number of hydrogen-bond donors (Lipinski definition) is 0. The number of Topliss-reactive ketones (excluding diaryl/α,β-unsaturated/α-hetero) is 1. The predicted octanol–water partition coefficient (Wildman–Crippen LogP) is 4.99. The molecule has 1 aliphatic heterocycles. The highest BCUT2D eigenvalue weighted by Gasteiger charge is 2.36. The number of ether oxygens (including phenoxy) is 1. The zero-order chi connectivity index (χ0) is 25.3. The number of rotatable bonds is 7. The summed E-state index contributed by atoms with van der Waals surface area (Å²) in [6, 6.07) is 14.1. The summed E-state index contributed by atoms with van der Waals surface area (Å²) in [4.78, 5) is 19.4. The zero-order valence-electron chi connectivity index (χ0n) is 18.9. The second-order valence-corrected chi connectivity index (χ2v) is 11.4. The lowest BCUT2D eigenvalue weighted by molar-refractivity contribution is 0.0992. The number of anilines is 1. The molecule has 0 radical (unpaired) electrons. The van der Waals surface area contributed by atoms with Gasteiger partial charge >= 0.3 is 0 Å². The van der Waals surface area contributed by atoms with E-state index in [1.165, 1.54) is 16.4 Å². The maximum atomic E-state index is 13.6. The Hall–Kier alpha value is -2.36. The van der Waals surface area contributed by atoms with E-state index in [-0.39, 0.29) is 45.1 Å². The van der Waals surface area contributed by atoms with E-state index in [0.29, 0.717) is 23.0 Å². The smallest absolute Gasteiger partial charge is 0.265 e. The van der Waals surface area contributed by atoms with Crippen molar-refractivity contribution in [1.29, 1.82) is 0 Å². The van der Waals surface area contributed by atoms with E-state index in [0.717, 1.165) is 0 Å². The fourth-order valence-electron chi connectivity index (χ4n) is 3.82. The minimum absolute atomic E-state index is 0.0348. The fraction of sp³-hybridized carbons (Fsp3) is 0.250. The first-order valence-electron chi connectivity index (χ1n) is 10.6. The Labute approximate surface area is 219 Å². The van der Waals surface area contributed by atoms with Crippen molar-refractivity contribution in [3.05, 3.63) is 80.9 Å². The molecule has 1 aromatic heterocycles. The van der Waals surface area contributed by atoms with Crippen molar-refractivity contribution in [2.24, 2.45) is 0 Å². The monoisotopic (exact) mass is 553 g/mol. The van der Waals surface area contributed by atoms with Crippen molar-refractivity contribution in [3.8, 4) is 5.75 Å². The number of sulfonamides is 1. The largest absolute Gasteiger partial charge is 0.483 e. The van der Waals surface area contributed by atoms with Gasteiger partial charge in [-0.2, -0.15) is 0 Å². The molecule has 0 saturated carbocycles. The molecule has 0 amide bonds. The number of carbonyl (C=O) groups is 1. The van der Waals surface area contributed by atoms with E-state index in [2.05, 4.69) is 4.98 Å². The molecule has 1 atom stereocenters. The number of halogens is 3. The van der Waals surface area contributed by atoms with Gasteiger partial charge in [0.25, 0.3) is 10.0 Å². The number of nitrogens with zero attached hydrogens (tertiary/aromatic N) is 3. The highest BCUT2D eigenvalue weighted by atomic mass is 35.5. The van der Waals surface area contributed by atoms with Crippen LogP contribution >= 0.6 is 34.8 Å². The van der Waals surface area contributed by atoms with E-state index in [1.807, 2.05) is 19.0 Å². The lowest BCUT2D eigenvalue weighted by Gasteiger charge is -2.35. The molecule has 0 fully saturated rings. The molecule has 3 aromatic rings. The lowest BCUT2D eigenvalue weighted by Crippen LogP contribution is -2.47. The lowest BCUT2D eigenvalue weighted by atomic mass is 10.1. The summed E-state index contributed by atoms with van der Waals surface area (Å²) in [5, 5.41) is 0.772. The normalized spacial score (nSPS) is 15.6. The van der Waals surface area contributed by atoms with Crippen molar-refractivity contribution in [2.75, 3.05) is 31.5 Å². The second-order valence-electron chi connectivity index (χ2n) is 8.32. The van der Waals surface area contributed by atoms with Crippen LogP contribution in [-0.2, 0) is 16.4 Å². The van der Waals surface area contributed by atoms with Gasteiger partial charge in [0, 0.05) is 11.6 Å². The molecule has 0 bridgehead atoms. The summed E-state index contributed by atoms with van der Waals surface area (Å²) in [5.41, 5.74) is 0.548. The van der Waals surface area contributed by atoms with Crippen LogP contribution in [0.3, 0.4) is 0 Å². The average Bonchev–Trinajstić information content (AvgIpc) is 2.78. The van der Waals surface area contributed by atoms with Gasteiger partial charge in [-0.15, -0.1) is 0 Å². The van der Waals surface area contributed by atoms with Crippen LogP contribution in [0.4, 0.5) is 5.82 Å². The van der Waals surface area contributed by atoms with Gasteiger partial charge < -0.3 is 9.64 Å². The molecule has 4 rings (SSSR count). The van der Waals surface area contributed by atoms with Gasteiger partial charge in [-0.25, -0.2) is 17.7 Å². The van der Waals surface area contributed by atoms with Gasteiger partial charge in [0.2, 0.25) is 0 Å². The molecule has 2 heterocycles. The van der Waals surface area contributed by atoms with Crippen LogP contribution in [-0.4, -0.2) is 57.4 Å². The molecule has 11 heteroatoms. The number of pyridine rings is 1. The van der Waals surface area contributed by atoms with E-state index in [1.54, 1.807) is 42.5 Å². The first-order valence-corrected chi connectivity index (χ1v) is 13.2. The van der Waals surface area contributed by atoms with Crippen LogP contribution in [0.5, 0.6) is 5.75 Å². The summed E-state index contributed by atoms with van der Waals surface area (Å²) in [6.07, 6.45) is -0.550. The molecule has 2 aromatic carbocycles. The summed E-state index contributed by atoms with van der Waals surface area (Å²) < 4.78 is 34.5. The van der Waals surface area contributed by atoms with Crippen LogP contribution in [0, 0.1) is 0 Å². The molecule has 0 spiro atoms.